The second-order valence-electron chi connectivity index (χ2n) is 4.15. The van der Waals surface area contributed by atoms with E-state index in [1.54, 1.807) is 31.4 Å². The zero-order valence-electron chi connectivity index (χ0n) is 11.9. The van der Waals surface area contributed by atoms with Gasteiger partial charge in [0.15, 0.2) is 17.2 Å². The molecule has 0 bridgehead atoms. The Bertz CT molecular complexity index is 669. The minimum atomic E-state index is -1.12. The molecule has 0 saturated carbocycles. The molecule has 0 saturated heterocycles. The van der Waals surface area contributed by atoms with Gasteiger partial charge in [-0.2, -0.15) is 0 Å². The molecule has 0 unspecified atom stereocenters. The van der Waals surface area contributed by atoms with Crippen LogP contribution in [0.25, 0.3) is 11.3 Å². The second kappa shape index (κ2) is 6.13. The number of benzene rings is 1. The average molecular weight is 289 g/mol. The molecule has 2 rings (SSSR count). The van der Waals surface area contributed by atoms with Crippen molar-refractivity contribution < 1.29 is 24.1 Å². The third-order valence-corrected chi connectivity index (χ3v) is 2.93. The first-order valence-electron chi connectivity index (χ1n) is 6.10. The predicted molar refractivity (Wildman–Crippen MR) is 76.3 cm³/mol. The Kier molecular flexibility index (Phi) is 4.27. The van der Waals surface area contributed by atoms with E-state index in [4.69, 9.17) is 19.3 Å². The van der Waals surface area contributed by atoms with Gasteiger partial charge in [0.05, 0.1) is 27.0 Å². The molecule has 0 amide bonds. The lowest BCUT2D eigenvalue weighted by Crippen LogP contribution is -2.02. The first-order valence-corrected chi connectivity index (χ1v) is 6.10. The third-order valence-electron chi connectivity index (χ3n) is 2.93. The molecule has 1 aromatic heterocycles. The maximum absolute atomic E-state index is 11.1. The number of rotatable bonds is 5. The van der Waals surface area contributed by atoms with Crippen LogP contribution in [0.15, 0.2) is 30.3 Å². The van der Waals surface area contributed by atoms with Crippen LogP contribution in [0.5, 0.6) is 17.2 Å². The molecule has 0 radical (unpaired) electrons. The predicted octanol–water partition coefficient (Wildman–Crippen LogP) is 2.47. The number of aromatic carboxylic acids is 1. The largest absolute Gasteiger partial charge is 0.497 e. The fourth-order valence-electron chi connectivity index (χ4n) is 1.88. The molecule has 1 heterocycles. The van der Waals surface area contributed by atoms with Crippen LogP contribution in [0, 0.1) is 0 Å². The van der Waals surface area contributed by atoms with E-state index in [0.29, 0.717) is 28.5 Å². The van der Waals surface area contributed by atoms with Crippen molar-refractivity contribution >= 4 is 5.97 Å². The van der Waals surface area contributed by atoms with E-state index in [0.717, 1.165) is 0 Å². The highest BCUT2D eigenvalue weighted by molar-refractivity contribution is 5.87. The maximum Gasteiger partial charge on any atom is 0.354 e. The summed E-state index contributed by atoms with van der Waals surface area (Å²) in [5.74, 6) is 0.432. The lowest BCUT2D eigenvalue weighted by atomic mass is 10.1. The van der Waals surface area contributed by atoms with Crippen molar-refractivity contribution in [2.24, 2.45) is 0 Å². The number of carboxylic acid groups (broad SMARTS) is 1. The molecule has 1 aromatic carbocycles. The summed E-state index contributed by atoms with van der Waals surface area (Å²) in [6.07, 6.45) is 0. The molecule has 0 aliphatic rings. The van der Waals surface area contributed by atoms with Gasteiger partial charge in [0, 0.05) is 17.7 Å². The van der Waals surface area contributed by atoms with Crippen molar-refractivity contribution in [2.45, 2.75) is 0 Å². The smallest absolute Gasteiger partial charge is 0.354 e. The lowest BCUT2D eigenvalue weighted by Gasteiger charge is -2.10. The number of carbonyl (C=O) groups is 1. The van der Waals surface area contributed by atoms with Crippen molar-refractivity contribution in [3.8, 4) is 28.5 Å². The van der Waals surface area contributed by atoms with Gasteiger partial charge in [-0.25, -0.2) is 9.78 Å². The highest BCUT2D eigenvalue weighted by Crippen LogP contribution is 2.32. The molecule has 6 nitrogen and oxygen atoms in total. The fraction of sp³-hybridized carbons (Fsp3) is 0.200. The Morgan fingerprint density at radius 2 is 1.71 bits per heavy atom. The number of carboxylic acids is 1. The van der Waals surface area contributed by atoms with Gasteiger partial charge in [0.1, 0.15) is 5.75 Å². The third kappa shape index (κ3) is 3.05. The molecular weight excluding hydrogens is 274 g/mol. The molecule has 0 spiro atoms. The van der Waals surface area contributed by atoms with Gasteiger partial charge >= 0.3 is 5.97 Å². The van der Waals surface area contributed by atoms with Crippen LogP contribution >= 0.6 is 0 Å². The van der Waals surface area contributed by atoms with Crippen molar-refractivity contribution in [2.75, 3.05) is 21.3 Å². The van der Waals surface area contributed by atoms with Crippen molar-refractivity contribution in [3.63, 3.8) is 0 Å². The fourth-order valence-corrected chi connectivity index (χ4v) is 1.88. The number of aromatic nitrogens is 1. The van der Waals surface area contributed by atoms with Crippen molar-refractivity contribution in [1.82, 2.24) is 4.98 Å². The van der Waals surface area contributed by atoms with Crippen molar-refractivity contribution in [1.29, 1.82) is 0 Å². The normalized spacial score (nSPS) is 10.0. The van der Waals surface area contributed by atoms with Crippen LogP contribution in [-0.2, 0) is 0 Å². The van der Waals surface area contributed by atoms with E-state index < -0.39 is 5.97 Å². The van der Waals surface area contributed by atoms with Gasteiger partial charge in [-0.15, -0.1) is 0 Å². The van der Waals surface area contributed by atoms with Gasteiger partial charge in [-0.3, -0.25) is 0 Å². The molecule has 0 aliphatic heterocycles. The molecule has 1 N–H and O–H groups in total. The van der Waals surface area contributed by atoms with Gasteiger partial charge in [-0.1, -0.05) is 0 Å². The second-order valence-corrected chi connectivity index (χ2v) is 4.15. The van der Waals surface area contributed by atoms with Crippen LogP contribution in [0.2, 0.25) is 0 Å². The Morgan fingerprint density at radius 3 is 2.29 bits per heavy atom. The highest BCUT2D eigenvalue weighted by Gasteiger charge is 2.12. The van der Waals surface area contributed by atoms with Crippen LogP contribution in [-0.4, -0.2) is 37.4 Å². The zero-order valence-corrected chi connectivity index (χ0v) is 11.9. The highest BCUT2D eigenvalue weighted by atomic mass is 16.5. The summed E-state index contributed by atoms with van der Waals surface area (Å²) in [6, 6.07) is 8.26. The average Bonchev–Trinajstić information content (AvgIpc) is 2.53. The number of hydrogen-bond acceptors (Lipinski definition) is 5. The van der Waals surface area contributed by atoms with Crippen molar-refractivity contribution in [3.05, 3.63) is 36.0 Å². The zero-order chi connectivity index (χ0) is 15.4. The summed E-state index contributed by atoms with van der Waals surface area (Å²) in [6.45, 7) is 0. The topological polar surface area (TPSA) is 77.9 Å². The summed E-state index contributed by atoms with van der Waals surface area (Å²) in [5.41, 5.74) is 1.10. The minimum absolute atomic E-state index is 0.0841. The van der Waals surface area contributed by atoms with E-state index >= 15 is 0 Å². The standard InChI is InChI=1S/C15H15NO5/c1-19-10-7-11(16-12(8-10)15(17)18)9-4-5-13(20-2)14(6-9)21-3/h4-8H,1-3H3,(H,17,18). The molecular formula is C15H15NO5. The number of pyridine rings is 1. The van der Waals surface area contributed by atoms with E-state index in [1.807, 2.05) is 0 Å². The van der Waals surface area contributed by atoms with Gasteiger partial charge in [0.25, 0.3) is 0 Å². The van der Waals surface area contributed by atoms with E-state index in [1.165, 1.54) is 20.3 Å². The summed E-state index contributed by atoms with van der Waals surface area (Å²) < 4.78 is 15.5. The first-order chi connectivity index (χ1) is 10.1. The lowest BCUT2D eigenvalue weighted by molar-refractivity contribution is 0.0690. The molecule has 6 heteroatoms. The Hall–Kier alpha value is -2.76. The van der Waals surface area contributed by atoms with Gasteiger partial charge in [0.2, 0.25) is 0 Å². The summed E-state index contributed by atoms with van der Waals surface area (Å²) in [7, 11) is 4.55. The number of nitrogens with zero attached hydrogens (tertiary/aromatic N) is 1. The molecule has 2 aromatic rings. The molecule has 0 fully saturated rings. The first kappa shape index (κ1) is 14.6. The molecule has 110 valence electrons. The van der Waals surface area contributed by atoms with E-state index in [2.05, 4.69) is 4.98 Å². The van der Waals surface area contributed by atoms with E-state index in [9.17, 15) is 4.79 Å². The number of hydrogen-bond donors (Lipinski definition) is 1. The number of methoxy groups -OCH3 is 3. The number of ether oxygens (including phenoxy) is 3. The van der Waals surface area contributed by atoms with E-state index in [-0.39, 0.29) is 5.69 Å². The molecule has 0 atom stereocenters. The summed E-state index contributed by atoms with van der Waals surface area (Å²) in [4.78, 5) is 15.2. The summed E-state index contributed by atoms with van der Waals surface area (Å²) in [5, 5.41) is 9.10. The minimum Gasteiger partial charge on any atom is -0.497 e. The van der Waals surface area contributed by atoms with Crippen LogP contribution in [0.3, 0.4) is 0 Å². The quantitative estimate of drug-likeness (QED) is 0.911. The Balaban J connectivity index is 2.55. The van der Waals surface area contributed by atoms with Gasteiger partial charge in [-0.05, 0) is 18.2 Å². The monoisotopic (exact) mass is 289 g/mol. The molecule has 21 heavy (non-hydrogen) atoms. The molecule has 0 aliphatic carbocycles. The van der Waals surface area contributed by atoms with Crippen LogP contribution < -0.4 is 14.2 Å². The maximum atomic E-state index is 11.1. The summed E-state index contributed by atoms with van der Waals surface area (Å²) >= 11 is 0. The van der Waals surface area contributed by atoms with Crippen LogP contribution in [0.1, 0.15) is 10.5 Å². The Labute approximate surface area is 121 Å². The Morgan fingerprint density at radius 1 is 1.00 bits per heavy atom. The van der Waals surface area contributed by atoms with Crippen LogP contribution in [0.4, 0.5) is 0 Å². The SMILES string of the molecule is COc1cc(C(=O)O)nc(-c2ccc(OC)c(OC)c2)c1. The van der Waals surface area contributed by atoms with Gasteiger partial charge < -0.3 is 19.3 Å².